The van der Waals surface area contributed by atoms with Crippen LogP contribution in [0.25, 0.3) is 0 Å². The molecule has 1 rings (SSSR count). The first-order valence-corrected chi connectivity index (χ1v) is 6.56. The molecule has 16 heavy (non-hydrogen) atoms. The second-order valence-electron chi connectivity index (χ2n) is 3.42. The summed E-state index contributed by atoms with van der Waals surface area (Å²) in [7, 11) is -1.12. The van der Waals surface area contributed by atoms with Crippen LogP contribution in [0.5, 0.6) is 0 Å². The molecular weight excluding hydrogens is 224 g/mol. The minimum absolute atomic E-state index is 0.203. The number of hydrogen-bond donors (Lipinski definition) is 0. The normalized spacial score (nSPS) is 12.1. The number of aryl methyl sites for hydroxylation is 1. The van der Waals surface area contributed by atoms with E-state index in [0.717, 1.165) is 10.5 Å². The molecule has 0 aromatic heterocycles. The Morgan fingerprint density at radius 2 is 2.19 bits per heavy atom. The van der Waals surface area contributed by atoms with E-state index >= 15 is 0 Å². The van der Waals surface area contributed by atoms with Crippen LogP contribution in [0.15, 0.2) is 29.2 Å². The molecule has 0 saturated carbocycles. The molecule has 0 radical (unpaired) electrons. The van der Waals surface area contributed by atoms with Gasteiger partial charge in [0, 0.05) is 10.6 Å². The maximum Gasteiger partial charge on any atom is 0.306 e. The average molecular weight is 240 g/mol. The lowest BCUT2D eigenvalue weighted by Crippen LogP contribution is -2.09. The molecule has 0 amide bonds. The van der Waals surface area contributed by atoms with E-state index in [9.17, 15) is 9.00 Å². The number of esters is 1. The highest BCUT2D eigenvalue weighted by Gasteiger charge is 2.08. The molecule has 1 aromatic carbocycles. The van der Waals surface area contributed by atoms with Gasteiger partial charge in [-0.2, -0.15) is 0 Å². The zero-order chi connectivity index (χ0) is 12.0. The summed E-state index contributed by atoms with van der Waals surface area (Å²) < 4.78 is 16.6. The van der Waals surface area contributed by atoms with Gasteiger partial charge in [-0.15, -0.1) is 0 Å². The fourth-order valence-corrected chi connectivity index (χ4v) is 2.42. The van der Waals surface area contributed by atoms with Gasteiger partial charge in [-0.3, -0.25) is 9.00 Å². The summed E-state index contributed by atoms with van der Waals surface area (Å²) in [6.45, 7) is 4.08. The molecule has 0 aliphatic rings. The Kier molecular flexibility index (Phi) is 5.19. The lowest BCUT2D eigenvalue weighted by Gasteiger charge is -2.03. The summed E-state index contributed by atoms with van der Waals surface area (Å²) in [5.74, 6) is 0.0333. The predicted molar refractivity (Wildman–Crippen MR) is 63.7 cm³/mol. The molecule has 0 aliphatic carbocycles. The Hall–Kier alpha value is -1.16. The van der Waals surface area contributed by atoms with Gasteiger partial charge < -0.3 is 4.74 Å². The summed E-state index contributed by atoms with van der Waals surface area (Å²) in [5, 5.41) is 0. The van der Waals surface area contributed by atoms with E-state index in [1.165, 1.54) is 0 Å². The van der Waals surface area contributed by atoms with Crippen molar-refractivity contribution >= 4 is 16.8 Å². The van der Waals surface area contributed by atoms with Gasteiger partial charge in [0.05, 0.1) is 23.8 Å². The highest BCUT2D eigenvalue weighted by atomic mass is 32.2. The van der Waals surface area contributed by atoms with Gasteiger partial charge in [-0.05, 0) is 31.5 Å². The van der Waals surface area contributed by atoms with Crippen LogP contribution in [-0.4, -0.2) is 22.5 Å². The molecule has 88 valence electrons. The van der Waals surface area contributed by atoms with Gasteiger partial charge >= 0.3 is 5.97 Å². The zero-order valence-corrected chi connectivity index (χ0v) is 10.4. The fourth-order valence-electron chi connectivity index (χ4n) is 1.28. The third kappa shape index (κ3) is 4.14. The number of carbonyl (C=O) groups excluding carboxylic acids is 1. The molecule has 0 aliphatic heterocycles. The van der Waals surface area contributed by atoms with E-state index in [2.05, 4.69) is 0 Å². The number of hydrogen-bond acceptors (Lipinski definition) is 3. The summed E-state index contributed by atoms with van der Waals surface area (Å²) in [6.07, 6.45) is 0.203. The number of carbonyl (C=O) groups is 1. The molecule has 0 spiro atoms. The summed E-state index contributed by atoms with van der Waals surface area (Å²) >= 11 is 0. The molecule has 1 aromatic rings. The molecule has 1 unspecified atom stereocenters. The van der Waals surface area contributed by atoms with Crippen LogP contribution in [0.3, 0.4) is 0 Å². The predicted octanol–water partition coefficient (Wildman–Crippen LogP) is 2.06. The van der Waals surface area contributed by atoms with E-state index in [1.807, 2.05) is 31.2 Å². The number of rotatable bonds is 5. The maximum absolute atomic E-state index is 11.8. The van der Waals surface area contributed by atoms with E-state index in [-0.39, 0.29) is 12.4 Å². The second-order valence-corrected chi connectivity index (χ2v) is 4.99. The van der Waals surface area contributed by atoms with Gasteiger partial charge in [0.1, 0.15) is 0 Å². The molecule has 0 fully saturated rings. The first kappa shape index (κ1) is 12.9. The summed E-state index contributed by atoms with van der Waals surface area (Å²) in [5.41, 5.74) is 1.07. The molecular formula is C12H16O3S. The smallest absolute Gasteiger partial charge is 0.306 e. The molecule has 4 heteroatoms. The van der Waals surface area contributed by atoms with Crippen LogP contribution in [0.4, 0.5) is 0 Å². The molecule has 0 N–H and O–H groups in total. The van der Waals surface area contributed by atoms with Crippen molar-refractivity contribution in [3.8, 4) is 0 Å². The lowest BCUT2D eigenvalue weighted by molar-refractivity contribution is -0.142. The second kappa shape index (κ2) is 6.43. The number of ether oxygens (including phenoxy) is 1. The zero-order valence-electron chi connectivity index (χ0n) is 9.56. The van der Waals surface area contributed by atoms with E-state index in [0.29, 0.717) is 12.4 Å². The molecule has 0 heterocycles. The van der Waals surface area contributed by atoms with Crippen molar-refractivity contribution in [1.82, 2.24) is 0 Å². The number of benzene rings is 1. The van der Waals surface area contributed by atoms with Gasteiger partial charge in [0.15, 0.2) is 0 Å². The Morgan fingerprint density at radius 1 is 1.44 bits per heavy atom. The topological polar surface area (TPSA) is 43.4 Å². The van der Waals surface area contributed by atoms with E-state index in [4.69, 9.17) is 4.74 Å². The molecule has 0 bridgehead atoms. The van der Waals surface area contributed by atoms with Crippen molar-refractivity contribution in [2.24, 2.45) is 0 Å². The van der Waals surface area contributed by atoms with Crippen LogP contribution in [0, 0.1) is 6.92 Å². The van der Waals surface area contributed by atoms with Gasteiger partial charge in [0.2, 0.25) is 0 Å². The van der Waals surface area contributed by atoms with Crippen LogP contribution >= 0.6 is 0 Å². The molecule has 1 atom stereocenters. The molecule has 0 saturated heterocycles. The summed E-state index contributed by atoms with van der Waals surface area (Å²) in [4.78, 5) is 11.9. The standard InChI is InChI=1S/C12H16O3S/c1-3-15-12(13)7-8-16(14)11-6-4-5-10(2)9-11/h4-6,9H,3,7-8H2,1-2H3. The van der Waals surface area contributed by atoms with Gasteiger partial charge in [-0.25, -0.2) is 0 Å². The Balaban J connectivity index is 2.50. The van der Waals surface area contributed by atoms with Crippen LogP contribution < -0.4 is 0 Å². The first-order valence-electron chi connectivity index (χ1n) is 5.24. The monoisotopic (exact) mass is 240 g/mol. The SMILES string of the molecule is CCOC(=O)CCS(=O)c1cccc(C)c1. The maximum atomic E-state index is 11.8. The third-order valence-corrected chi connectivity index (χ3v) is 3.40. The minimum Gasteiger partial charge on any atom is -0.466 e. The van der Waals surface area contributed by atoms with Crippen molar-refractivity contribution in [3.63, 3.8) is 0 Å². The minimum atomic E-state index is -1.12. The van der Waals surface area contributed by atoms with Crippen LogP contribution in [0.2, 0.25) is 0 Å². The molecule has 3 nitrogen and oxygen atoms in total. The van der Waals surface area contributed by atoms with Crippen molar-refractivity contribution < 1.29 is 13.7 Å². The van der Waals surface area contributed by atoms with Crippen molar-refractivity contribution in [1.29, 1.82) is 0 Å². The largest absolute Gasteiger partial charge is 0.466 e. The van der Waals surface area contributed by atoms with Crippen molar-refractivity contribution in [2.75, 3.05) is 12.4 Å². The van der Waals surface area contributed by atoms with Crippen LogP contribution in [0.1, 0.15) is 18.9 Å². The van der Waals surface area contributed by atoms with Gasteiger partial charge in [-0.1, -0.05) is 12.1 Å². The highest BCUT2D eigenvalue weighted by molar-refractivity contribution is 7.85. The van der Waals surface area contributed by atoms with E-state index < -0.39 is 10.8 Å². The van der Waals surface area contributed by atoms with Crippen LogP contribution in [-0.2, 0) is 20.3 Å². The quantitative estimate of drug-likeness (QED) is 0.740. The first-order chi connectivity index (χ1) is 7.63. The highest BCUT2D eigenvalue weighted by Crippen LogP contribution is 2.10. The Morgan fingerprint density at radius 3 is 2.81 bits per heavy atom. The Labute approximate surface area is 98.3 Å². The van der Waals surface area contributed by atoms with E-state index in [1.54, 1.807) is 6.92 Å². The van der Waals surface area contributed by atoms with Crippen molar-refractivity contribution in [2.45, 2.75) is 25.2 Å². The average Bonchev–Trinajstić information content (AvgIpc) is 2.26. The summed E-state index contributed by atoms with van der Waals surface area (Å²) in [6, 6.07) is 7.51. The lowest BCUT2D eigenvalue weighted by atomic mass is 10.2. The van der Waals surface area contributed by atoms with Gasteiger partial charge in [0.25, 0.3) is 0 Å². The fraction of sp³-hybridized carbons (Fsp3) is 0.417. The third-order valence-electron chi connectivity index (χ3n) is 2.05. The van der Waals surface area contributed by atoms with Crippen molar-refractivity contribution in [3.05, 3.63) is 29.8 Å². The Bertz CT molecular complexity index is 388.